The maximum atomic E-state index is 12.8. The number of morpholine rings is 1. The van der Waals surface area contributed by atoms with E-state index in [-0.39, 0.29) is 5.91 Å². The molecule has 1 amide bonds. The zero-order valence-electron chi connectivity index (χ0n) is 14.6. The molecule has 0 radical (unpaired) electrons. The van der Waals surface area contributed by atoms with E-state index in [0.29, 0.717) is 49.4 Å². The highest BCUT2D eigenvalue weighted by Gasteiger charge is 2.28. The van der Waals surface area contributed by atoms with Gasteiger partial charge in [-0.1, -0.05) is 0 Å². The van der Waals surface area contributed by atoms with E-state index in [0.717, 1.165) is 24.3 Å². The second-order valence-corrected chi connectivity index (χ2v) is 6.55. The van der Waals surface area contributed by atoms with Crippen LogP contribution in [0.3, 0.4) is 0 Å². The van der Waals surface area contributed by atoms with Crippen LogP contribution in [-0.4, -0.2) is 57.3 Å². The van der Waals surface area contributed by atoms with Crippen molar-refractivity contribution in [3.8, 4) is 11.5 Å². The van der Waals surface area contributed by atoms with Gasteiger partial charge >= 0.3 is 0 Å². The summed E-state index contributed by atoms with van der Waals surface area (Å²) in [4.78, 5) is 25.8. The fraction of sp³-hybridized carbons (Fsp3) is 0.333. The van der Waals surface area contributed by atoms with Crippen LogP contribution >= 0.6 is 0 Å². The first-order chi connectivity index (χ1) is 13.3. The summed E-state index contributed by atoms with van der Waals surface area (Å²) in [5, 5.41) is 6.98. The van der Waals surface area contributed by atoms with Crippen LogP contribution in [0.1, 0.15) is 21.7 Å². The molecule has 0 saturated carbocycles. The minimum absolute atomic E-state index is 0.144. The smallest absolute Gasteiger partial charge is 0.275 e. The van der Waals surface area contributed by atoms with E-state index in [1.807, 2.05) is 12.3 Å². The van der Waals surface area contributed by atoms with E-state index in [4.69, 9.17) is 9.15 Å². The Balaban J connectivity index is 1.32. The Morgan fingerprint density at radius 1 is 1.22 bits per heavy atom. The fourth-order valence-corrected chi connectivity index (χ4v) is 3.35. The summed E-state index contributed by atoms with van der Waals surface area (Å²) in [5.74, 6) is 1.20. The van der Waals surface area contributed by atoms with E-state index in [1.54, 1.807) is 23.3 Å². The Morgan fingerprint density at radius 2 is 2.11 bits per heavy atom. The topological polar surface area (TPSA) is 100 Å². The molecule has 0 aliphatic carbocycles. The van der Waals surface area contributed by atoms with Crippen molar-refractivity contribution >= 4 is 11.9 Å². The Hall–Kier alpha value is -3.20. The molecule has 3 aromatic heterocycles. The van der Waals surface area contributed by atoms with Crippen molar-refractivity contribution in [2.45, 2.75) is 13.1 Å². The van der Waals surface area contributed by atoms with Crippen molar-refractivity contribution in [1.29, 1.82) is 0 Å². The first-order valence-corrected chi connectivity index (χ1v) is 8.84. The molecule has 9 nitrogen and oxygen atoms in total. The van der Waals surface area contributed by atoms with Crippen LogP contribution in [0.5, 0.6) is 0 Å². The van der Waals surface area contributed by atoms with Crippen LogP contribution in [0.2, 0.25) is 0 Å². The van der Waals surface area contributed by atoms with Gasteiger partial charge in [0.05, 0.1) is 31.7 Å². The molecular formula is C18H18N6O3. The summed E-state index contributed by atoms with van der Waals surface area (Å²) >= 11 is 0. The number of hydrogen-bond acceptors (Lipinski definition) is 7. The van der Waals surface area contributed by atoms with Gasteiger partial charge in [0.25, 0.3) is 5.91 Å². The monoisotopic (exact) mass is 366 g/mol. The molecule has 1 saturated heterocycles. The van der Waals surface area contributed by atoms with E-state index >= 15 is 0 Å². The predicted octanol–water partition coefficient (Wildman–Crippen LogP) is 1.45. The number of carbonyl (C=O) groups is 1. The van der Waals surface area contributed by atoms with Gasteiger partial charge in [-0.2, -0.15) is 5.10 Å². The highest BCUT2D eigenvalue weighted by atomic mass is 16.5. The van der Waals surface area contributed by atoms with Gasteiger partial charge in [0.15, 0.2) is 11.5 Å². The van der Waals surface area contributed by atoms with Gasteiger partial charge < -0.3 is 19.0 Å². The summed E-state index contributed by atoms with van der Waals surface area (Å²) in [6.45, 7) is 3.87. The third-order valence-electron chi connectivity index (χ3n) is 4.81. The van der Waals surface area contributed by atoms with Crippen molar-refractivity contribution in [2.24, 2.45) is 0 Å². The zero-order valence-corrected chi connectivity index (χ0v) is 14.6. The molecule has 9 heteroatoms. The summed E-state index contributed by atoms with van der Waals surface area (Å²) in [6, 6.07) is 5.31. The van der Waals surface area contributed by atoms with Gasteiger partial charge in [-0.15, -0.1) is 0 Å². The number of aromatic amines is 1. The lowest BCUT2D eigenvalue weighted by Crippen LogP contribution is -2.37. The lowest BCUT2D eigenvalue weighted by molar-refractivity contribution is 0.0744. The van der Waals surface area contributed by atoms with Crippen LogP contribution in [0, 0.1) is 0 Å². The Labute approximate surface area is 155 Å². The molecule has 27 heavy (non-hydrogen) atoms. The first kappa shape index (κ1) is 16.0. The first-order valence-electron chi connectivity index (χ1n) is 8.84. The third kappa shape index (κ3) is 2.95. The van der Waals surface area contributed by atoms with E-state index < -0.39 is 0 Å². The summed E-state index contributed by atoms with van der Waals surface area (Å²) in [5.41, 5.74) is 2.90. The zero-order chi connectivity index (χ0) is 18.2. The lowest BCUT2D eigenvalue weighted by atomic mass is 10.3. The van der Waals surface area contributed by atoms with Gasteiger partial charge in [0, 0.05) is 37.5 Å². The number of ether oxygens (including phenoxy) is 1. The molecule has 0 unspecified atom stereocenters. The Kier molecular flexibility index (Phi) is 3.86. The van der Waals surface area contributed by atoms with E-state index in [1.165, 1.54) is 0 Å². The largest absolute Gasteiger partial charge is 0.463 e. The number of fused-ring (bicyclic) bond motifs is 1. The number of anilines is 1. The number of hydrogen-bond donors (Lipinski definition) is 1. The molecule has 2 aliphatic heterocycles. The number of H-pyrrole nitrogens is 1. The molecule has 0 spiro atoms. The van der Waals surface area contributed by atoms with Crippen LogP contribution in [0.15, 0.2) is 35.1 Å². The fourth-order valence-electron chi connectivity index (χ4n) is 3.35. The quantitative estimate of drug-likeness (QED) is 0.749. The second-order valence-electron chi connectivity index (χ2n) is 6.55. The lowest BCUT2D eigenvalue weighted by Gasteiger charge is -2.26. The highest BCUT2D eigenvalue weighted by Crippen LogP contribution is 2.25. The summed E-state index contributed by atoms with van der Waals surface area (Å²) < 4.78 is 10.7. The average Bonchev–Trinajstić information content (AvgIpc) is 3.47. The van der Waals surface area contributed by atoms with Crippen molar-refractivity contribution in [3.63, 3.8) is 0 Å². The van der Waals surface area contributed by atoms with Gasteiger partial charge in [-0.3, -0.25) is 9.89 Å². The second kappa shape index (κ2) is 6.51. The van der Waals surface area contributed by atoms with Gasteiger partial charge in [-0.25, -0.2) is 9.97 Å². The Bertz CT molecular complexity index is 961. The standard InChI is InChI=1S/C18H18N6O3/c25-17(14-8-13(21-22-14)16-2-1-5-27-16)24-10-12-9-19-18(20-15(12)11-24)23-3-6-26-7-4-23/h1-2,5,8-9H,3-4,6-7,10-11H2,(H,21,22). The number of nitrogens with zero attached hydrogens (tertiary/aromatic N) is 5. The molecule has 5 heterocycles. The van der Waals surface area contributed by atoms with Crippen LogP contribution in [-0.2, 0) is 17.8 Å². The summed E-state index contributed by atoms with van der Waals surface area (Å²) in [6.07, 6.45) is 3.40. The molecule has 2 aliphatic rings. The molecule has 0 aromatic carbocycles. The molecule has 3 aromatic rings. The van der Waals surface area contributed by atoms with Crippen LogP contribution in [0.25, 0.3) is 11.5 Å². The van der Waals surface area contributed by atoms with Crippen LogP contribution in [0.4, 0.5) is 5.95 Å². The summed E-state index contributed by atoms with van der Waals surface area (Å²) in [7, 11) is 0. The number of nitrogens with one attached hydrogen (secondary N) is 1. The SMILES string of the molecule is O=C(c1cc(-c2ccco2)[nH]n1)N1Cc2cnc(N3CCOCC3)nc2C1. The van der Waals surface area contributed by atoms with Crippen LogP contribution < -0.4 is 4.90 Å². The van der Waals surface area contributed by atoms with Crippen molar-refractivity contribution in [3.05, 3.63) is 47.6 Å². The average molecular weight is 366 g/mol. The molecule has 0 atom stereocenters. The van der Waals surface area contributed by atoms with Crippen molar-refractivity contribution < 1.29 is 13.9 Å². The number of carbonyl (C=O) groups excluding carboxylic acids is 1. The maximum absolute atomic E-state index is 12.8. The number of furan rings is 1. The van der Waals surface area contributed by atoms with Gasteiger partial charge in [-0.05, 0) is 12.1 Å². The third-order valence-corrected chi connectivity index (χ3v) is 4.81. The molecule has 138 valence electrons. The number of aromatic nitrogens is 4. The minimum Gasteiger partial charge on any atom is -0.463 e. The Morgan fingerprint density at radius 3 is 2.93 bits per heavy atom. The van der Waals surface area contributed by atoms with E-state index in [9.17, 15) is 4.79 Å². The van der Waals surface area contributed by atoms with E-state index in [2.05, 4.69) is 25.1 Å². The molecule has 0 bridgehead atoms. The molecule has 1 fully saturated rings. The molecule has 1 N–H and O–H groups in total. The molecular weight excluding hydrogens is 348 g/mol. The van der Waals surface area contributed by atoms with Crippen molar-refractivity contribution in [1.82, 2.24) is 25.1 Å². The molecule has 5 rings (SSSR count). The minimum atomic E-state index is -0.144. The maximum Gasteiger partial charge on any atom is 0.275 e. The van der Waals surface area contributed by atoms with Gasteiger partial charge in [0.2, 0.25) is 5.95 Å². The normalized spacial score (nSPS) is 16.6. The van der Waals surface area contributed by atoms with Crippen molar-refractivity contribution in [2.75, 3.05) is 31.2 Å². The predicted molar refractivity (Wildman–Crippen MR) is 94.9 cm³/mol. The van der Waals surface area contributed by atoms with Gasteiger partial charge in [0.1, 0.15) is 5.69 Å². The number of amides is 1. The number of rotatable bonds is 3. The highest BCUT2D eigenvalue weighted by molar-refractivity contribution is 5.93.